The van der Waals surface area contributed by atoms with Crippen molar-refractivity contribution in [3.05, 3.63) is 34.2 Å². The maximum atomic E-state index is 5.26. The number of methoxy groups -OCH3 is 1. The molecule has 0 bridgehead atoms. The van der Waals surface area contributed by atoms with E-state index in [4.69, 9.17) is 4.74 Å². The first-order valence-corrected chi connectivity index (χ1v) is 6.17. The summed E-state index contributed by atoms with van der Waals surface area (Å²) >= 11 is 3.57. The highest BCUT2D eigenvalue weighted by atomic mass is 79.9. The van der Waals surface area contributed by atoms with Gasteiger partial charge in [-0.2, -0.15) is 0 Å². The summed E-state index contributed by atoms with van der Waals surface area (Å²) in [7, 11) is 3.68. The van der Waals surface area contributed by atoms with Gasteiger partial charge in [0.1, 0.15) is 21.9 Å². The van der Waals surface area contributed by atoms with E-state index in [1.54, 1.807) is 7.11 Å². The number of rotatable bonds is 2. The monoisotopic (exact) mass is 294 g/mol. The molecule has 90 valence electrons. The Morgan fingerprint density at radius 3 is 2.47 bits per heavy atom. The lowest BCUT2D eigenvalue weighted by Crippen LogP contribution is -1.90. The van der Waals surface area contributed by atoms with Gasteiger partial charge in [0.05, 0.1) is 7.11 Å². The van der Waals surface area contributed by atoms with E-state index in [2.05, 4.69) is 27.0 Å². The van der Waals surface area contributed by atoms with E-state index in [0.29, 0.717) is 0 Å². The molecule has 1 aromatic carbocycles. The molecule has 0 aliphatic rings. The van der Waals surface area contributed by atoms with Gasteiger partial charge in [0.25, 0.3) is 0 Å². The van der Waals surface area contributed by atoms with Crippen LogP contribution < -0.4 is 4.74 Å². The van der Waals surface area contributed by atoms with E-state index in [9.17, 15) is 0 Å². The number of hydrogen-bond acceptors (Lipinski definition) is 2. The van der Waals surface area contributed by atoms with Gasteiger partial charge in [-0.05, 0) is 53.5 Å². The average molecular weight is 295 g/mol. The van der Waals surface area contributed by atoms with Gasteiger partial charge >= 0.3 is 0 Å². The van der Waals surface area contributed by atoms with Crippen LogP contribution in [0.2, 0.25) is 0 Å². The Bertz CT molecular complexity index is 561. The molecule has 0 aliphatic heterocycles. The van der Waals surface area contributed by atoms with Crippen LogP contribution in [-0.4, -0.2) is 16.7 Å². The zero-order valence-electron chi connectivity index (χ0n) is 10.4. The quantitative estimate of drug-likeness (QED) is 0.848. The molecule has 0 unspecified atom stereocenters. The third-order valence-electron chi connectivity index (χ3n) is 2.92. The van der Waals surface area contributed by atoms with Gasteiger partial charge in [0, 0.05) is 12.6 Å². The molecular weight excluding hydrogens is 280 g/mol. The van der Waals surface area contributed by atoms with Crippen molar-refractivity contribution in [2.75, 3.05) is 7.11 Å². The Balaban J connectivity index is 2.53. The van der Waals surface area contributed by atoms with Gasteiger partial charge in [0.15, 0.2) is 0 Å². The molecule has 17 heavy (non-hydrogen) atoms. The number of benzene rings is 1. The maximum absolute atomic E-state index is 5.26. The summed E-state index contributed by atoms with van der Waals surface area (Å²) in [4.78, 5) is 4.55. The Labute approximate surface area is 110 Å². The van der Waals surface area contributed by atoms with Crippen LogP contribution in [0.1, 0.15) is 11.4 Å². The zero-order valence-corrected chi connectivity index (χ0v) is 12.0. The van der Waals surface area contributed by atoms with Gasteiger partial charge in [-0.3, -0.25) is 0 Å². The normalized spacial score (nSPS) is 10.6. The molecule has 0 radical (unpaired) electrons. The maximum Gasteiger partial charge on any atom is 0.121 e. The SMILES string of the molecule is COc1ccc(-c2nc(C)n(C)c2Br)cc1C. The molecule has 0 N–H and O–H groups in total. The predicted octanol–water partition coefficient (Wildman–Crippen LogP) is 3.48. The summed E-state index contributed by atoms with van der Waals surface area (Å²) in [5.41, 5.74) is 3.18. The molecule has 0 fully saturated rings. The van der Waals surface area contributed by atoms with Crippen LogP contribution in [0.25, 0.3) is 11.3 Å². The largest absolute Gasteiger partial charge is 0.496 e. The van der Waals surface area contributed by atoms with Gasteiger partial charge in [-0.25, -0.2) is 4.98 Å². The lowest BCUT2D eigenvalue weighted by Gasteiger charge is -2.06. The molecule has 2 aromatic rings. The topological polar surface area (TPSA) is 27.1 Å². The number of aromatic nitrogens is 2. The molecule has 3 nitrogen and oxygen atoms in total. The van der Waals surface area contributed by atoms with Crippen molar-refractivity contribution in [2.45, 2.75) is 13.8 Å². The van der Waals surface area contributed by atoms with Crippen LogP contribution in [-0.2, 0) is 7.05 Å². The summed E-state index contributed by atoms with van der Waals surface area (Å²) < 4.78 is 8.28. The summed E-state index contributed by atoms with van der Waals surface area (Å²) in [5, 5.41) is 0. The van der Waals surface area contributed by atoms with Crippen molar-refractivity contribution >= 4 is 15.9 Å². The van der Waals surface area contributed by atoms with E-state index in [1.807, 2.05) is 37.6 Å². The van der Waals surface area contributed by atoms with Crippen molar-refractivity contribution in [1.29, 1.82) is 0 Å². The molecule has 4 heteroatoms. The molecular formula is C13H15BrN2O. The van der Waals surface area contributed by atoms with Crippen LogP contribution in [0.4, 0.5) is 0 Å². The lowest BCUT2D eigenvalue weighted by molar-refractivity contribution is 0.412. The average Bonchev–Trinajstić information content (AvgIpc) is 2.57. The molecule has 0 atom stereocenters. The third kappa shape index (κ3) is 2.09. The fraction of sp³-hybridized carbons (Fsp3) is 0.308. The highest BCUT2D eigenvalue weighted by Gasteiger charge is 2.12. The van der Waals surface area contributed by atoms with Crippen molar-refractivity contribution in [2.24, 2.45) is 7.05 Å². The molecule has 2 rings (SSSR count). The Morgan fingerprint density at radius 2 is 2.00 bits per heavy atom. The summed E-state index contributed by atoms with van der Waals surface area (Å²) in [6.07, 6.45) is 0. The highest BCUT2D eigenvalue weighted by Crippen LogP contribution is 2.30. The summed E-state index contributed by atoms with van der Waals surface area (Å²) in [5.74, 6) is 1.89. The molecule has 1 heterocycles. The van der Waals surface area contributed by atoms with Crippen LogP contribution in [0, 0.1) is 13.8 Å². The first-order valence-electron chi connectivity index (χ1n) is 5.38. The molecule has 0 aliphatic carbocycles. The van der Waals surface area contributed by atoms with Crippen molar-refractivity contribution in [3.63, 3.8) is 0 Å². The molecule has 0 amide bonds. The Morgan fingerprint density at radius 1 is 1.29 bits per heavy atom. The van der Waals surface area contributed by atoms with Gasteiger partial charge < -0.3 is 9.30 Å². The number of hydrogen-bond donors (Lipinski definition) is 0. The lowest BCUT2D eigenvalue weighted by atomic mass is 10.1. The summed E-state index contributed by atoms with van der Waals surface area (Å²) in [6.45, 7) is 4.02. The number of ether oxygens (including phenoxy) is 1. The first kappa shape index (κ1) is 12.2. The minimum Gasteiger partial charge on any atom is -0.496 e. The van der Waals surface area contributed by atoms with Crippen LogP contribution in [0.15, 0.2) is 22.8 Å². The molecule has 0 saturated heterocycles. The minimum atomic E-state index is 0.900. The van der Waals surface area contributed by atoms with Crippen LogP contribution in [0.3, 0.4) is 0 Å². The molecule has 0 spiro atoms. The van der Waals surface area contributed by atoms with Crippen molar-refractivity contribution in [1.82, 2.24) is 9.55 Å². The number of halogens is 1. The van der Waals surface area contributed by atoms with E-state index >= 15 is 0 Å². The van der Waals surface area contributed by atoms with E-state index in [1.165, 1.54) is 0 Å². The van der Waals surface area contributed by atoms with Crippen LogP contribution >= 0.6 is 15.9 Å². The Kier molecular flexibility index (Phi) is 3.24. The van der Waals surface area contributed by atoms with E-state index in [-0.39, 0.29) is 0 Å². The summed E-state index contributed by atoms with van der Waals surface area (Å²) in [6, 6.07) is 6.09. The third-order valence-corrected chi connectivity index (χ3v) is 3.82. The first-order chi connectivity index (χ1) is 8.04. The second-order valence-electron chi connectivity index (χ2n) is 4.04. The number of aryl methyl sites for hydroxylation is 2. The van der Waals surface area contributed by atoms with Crippen molar-refractivity contribution in [3.8, 4) is 17.0 Å². The second-order valence-corrected chi connectivity index (χ2v) is 4.79. The number of nitrogens with zero attached hydrogens (tertiary/aromatic N) is 2. The van der Waals surface area contributed by atoms with E-state index < -0.39 is 0 Å². The number of imidazole rings is 1. The fourth-order valence-electron chi connectivity index (χ4n) is 1.79. The standard InChI is InChI=1S/C13H15BrN2O/c1-8-7-10(5-6-11(8)17-4)12-13(14)16(3)9(2)15-12/h5-7H,1-4H3. The minimum absolute atomic E-state index is 0.900. The fourth-order valence-corrected chi connectivity index (χ4v) is 2.37. The zero-order chi connectivity index (χ0) is 12.6. The van der Waals surface area contributed by atoms with Gasteiger partial charge in [-0.15, -0.1) is 0 Å². The van der Waals surface area contributed by atoms with Gasteiger partial charge in [-0.1, -0.05) is 0 Å². The van der Waals surface area contributed by atoms with Gasteiger partial charge in [0.2, 0.25) is 0 Å². The predicted molar refractivity (Wildman–Crippen MR) is 72.4 cm³/mol. The van der Waals surface area contributed by atoms with Crippen molar-refractivity contribution < 1.29 is 4.74 Å². The Hall–Kier alpha value is -1.29. The van der Waals surface area contributed by atoms with Crippen LogP contribution in [0.5, 0.6) is 5.75 Å². The molecule has 1 aromatic heterocycles. The smallest absolute Gasteiger partial charge is 0.121 e. The second kappa shape index (κ2) is 4.53. The molecule has 0 saturated carbocycles. The van der Waals surface area contributed by atoms with E-state index in [0.717, 1.165) is 33.0 Å². The highest BCUT2D eigenvalue weighted by molar-refractivity contribution is 9.10.